The summed E-state index contributed by atoms with van der Waals surface area (Å²) in [6, 6.07) is 0. The standard InChI is InChI=1S/C3H5NO2.C3H6O/c1-3(6)4-2-5;1-3(2)4/h2H,1H3,(H,4,5,6);1-2H3. The molecule has 0 aliphatic rings. The highest BCUT2D eigenvalue weighted by Gasteiger charge is 1.79. The van der Waals surface area contributed by atoms with Crippen LogP contribution in [-0.4, -0.2) is 18.1 Å². The van der Waals surface area contributed by atoms with Gasteiger partial charge in [-0.15, -0.1) is 0 Å². The zero-order valence-electron chi connectivity index (χ0n) is 6.30. The summed E-state index contributed by atoms with van der Waals surface area (Å²) in [5.74, 6) is -0.162. The molecule has 4 nitrogen and oxygen atoms in total. The van der Waals surface area contributed by atoms with Crippen LogP contribution in [0.15, 0.2) is 0 Å². The predicted molar refractivity (Wildman–Crippen MR) is 36.2 cm³/mol. The summed E-state index contributed by atoms with van der Waals surface area (Å²) in [7, 11) is 0. The highest BCUT2D eigenvalue weighted by molar-refractivity contribution is 5.83. The van der Waals surface area contributed by atoms with Gasteiger partial charge in [0.1, 0.15) is 5.78 Å². The number of rotatable bonds is 1. The van der Waals surface area contributed by atoms with Crippen LogP contribution in [-0.2, 0) is 14.4 Å². The van der Waals surface area contributed by atoms with E-state index >= 15 is 0 Å². The summed E-state index contributed by atoms with van der Waals surface area (Å²) >= 11 is 0. The van der Waals surface area contributed by atoms with Crippen LogP contribution in [0.25, 0.3) is 0 Å². The van der Waals surface area contributed by atoms with Crippen molar-refractivity contribution in [2.75, 3.05) is 0 Å². The summed E-state index contributed by atoms with van der Waals surface area (Å²) < 4.78 is 0. The molecule has 0 atom stereocenters. The van der Waals surface area contributed by atoms with Gasteiger partial charge in [-0.05, 0) is 13.8 Å². The topological polar surface area (TPSA) is 63.2 Å². The second-order valence-electron chi connectivity index (χ2n) is 1.73. The highest BCUT2D eigenvalue weighted by atomic mass is 16.2. The van der Waals surface area contributed by atoms with Gasteiger partial charge < -0.3 is 4.79 Å². The molecule has 0 aromatic carbocycles. The third-order valence-corrected chi connectivity index (χ3v) is 0.262. The maximum absolute atomic E-state index is 9.70. The van der Waals surface area contributed by atoms with Gasteiger partial charge in [0.05, 0.1) is 0 Å². The van der Waals surface area contributed by atoms with E-state index in [1.165, 1.54) is 20.8 Å². The van der Waals surface area contributed by atoms with Crippen molar-refractivity contribution >= 4 is 18.1 Å². The average Bonchev–Trinajstić information content (AvgIpc) is 1.62. The number of hydrogen-bond acceptors (Lipinski definition) is 3. The largest absolute Gasteiger partial charge is 0.300 e. The molecule has 10 heavy (non-hydrogen) atoms. The Morgan fingerprint density at radius 3 is 1.50 bits per heavy atom. The minimum atomic E-state index is -0.329. The molecule has 0 aliphatic heterocycles. The first-order valence-electron chi connectivity index (χ1n) is 2.68. The minimum Gasteiger partial charge on any atom is -0.300 e. The fourth-order valence-corrected chi connectivity index (χ4v) is 0.0830. The van der Waals surface area contributed by atoms with E-state index in [1.54, 1.807) is 0 Å². The van der Waals surface area contributed by atoms with E-state index in [2.05, 4.69) is 0 Å². The average molecular weight is 145 g/mol. The van der Waals surface area contributed by atoms with Gasteiger partial charge in [0, 0.05) is 6.92 Å². The molecule has 2 amide bonds. The SMILES string of the molecule is CC(=O)NC=O.CC(C)=O. The lowest BCUT2D eigenvalue weighted by molar-refractivity contribution is -0.123. The summed E-state index contributed by atoms with van der Waals surface area (Å²) in [6.07, 6.45) is 0.350. The Labute approximate surface area is 59.6 Å². The normalized spacial score (nSPS) is 6.70. The van der Waals surface area contributed by atoms with Crippen LogP contribution in [0, 0.1) is 0 Å². The summed E-state index contributed by atoms with van der Waals surface area (Å²) in [4.78, 5) is 28.4. The monoisotopic (exact) mass is 145 g/mol. The first-order chi connectivity index (χ1) is 4.50. The van der Waals surface area contributed by atoms with Gasteiger partial charge in [0.25, 0.3) is 0 Å². The van der Waals surface area contributed by atoms with E-state index in [-0.39, 0.29) is 11.7 Å². The van der Waals surface area contributed by atoms with Gasteiger partial charge in [-0.25, -0.2) is 0 Å². The molecule has 0 rings (SSSR count). The molecule has 0 saturated heterocycles. The van der Waals surface area contributed by atoms with Crippen LogP contribution in [0.4, 0.5) is 0 Å². The number of hydrogen-bond donors (Lipinski definition) is 1. The molecule has 0 bridgehead atoms. The third-order valence-electron chi connectivity index (χ3n) is 0.262. The van der Waals surface area contributed by atoms with Crippen molar-refractivity contribution in [3.63, 3.8) is 0 Å². The van der Waals surface area contributed by atoms with Gasteiger partial charge >= 0.3 is 0 Å². The lowest BCUT2D eigenvalue weighted by Crippen LogP contribution is -2.16. The molecule has 0 spiro atoms. The van der Waals surface area contributed by atoms with Gasteiger partial charge in [-0.1, -0.05) is 0 Å². The van der Waals surface area contributed by atoms with E-state index in [1.807, 2.05) is 5.32 Å². The first kappa shape index (κ1) is 11.6. The van der Waals surface area contributed by atoms with Crippen molar-refractivity contribution in [2.24, 2.45) is 0 Å². The number of nitrogens with one attached hydrogen (secondary N) is 1. The molecule has 1 N–H and O–H groups in total. The fourth-order valence-electron chi connectivity index (χ4n) is 0.0830. The molecule has 0 aliphatic carbocycles. The second kappa shape index (κ2) is 7.81. The Kier molecular flexibility index (Phi) is 9.05. The number of ketones is 1. The maximum Gasteiger partial charge on any atom is 0.223 e. The molecule has 0 unspecified atom stereocenters. The molecular weight excluding hydrogens is 134 g/mol. The van der Waals surface area contributed by atoms with Crippen LogP contribution >= 0.6 is 0 Å². The van der Waals surface area contributed by atoms with Crippen molar-refractivity contribution in [1.82, 2.24) is 5.32 Å². The maximum atomic E-state index is 9.70. The predicted octanol–water partition coefficient (Wildman–Crippen LogP) is -0.126. The molecule has 0 aromatic rings. The van der Waals surface area contributed by atoms with Gasteiger partial charge in [0.2, 0.25) is 12.3 Å². The van der Waals surface area contributed by atoms with Gasteiger partial charge in [0.15, 0.2) is 0 Å². The van der Waals surface area contributed by atoms with E-state index in [4.69, 9.17) is 0 Å². The molecule has 4 heteroatoms. The Bertz CT molecular complexity index is 127. The summed E-state index contributed by atoms with van der Waals surface area (Å²) in [5, 5.41) is 1.89. The van der Waals surface area contributed by atoms with E-state index in [9.17, 15) is 14.4 Å². The fraction of sp³-hybridized carbons (Fsp3) is 0.500. The Morgan fingerprint density at radius 1 is 1.20 bits per heavy atom. The Balaban J connectivity index is 0. The van der Waals surface area contributed by atoms with Crippen LogP contribution in [0.5, 0.6) is 0 Å². The smallest absolute Gasteiger partial charge is 0.223 e. The highest BCUT2D eigenvalue weighted by Crippen LogP contribution is 1.50. The molecule has 0 fully saturated rings. The molecule has 0 saturated carbocycles. The van der Waals surface area contributed by atoms with Crippen LogP contribution in [0.1, 0.15) is 20.8 Å². The van der Waals surface area contributed by atoms with Crippen molar-refractivity contribution in [3.8, 4) is 0 Å². The number of Topliss-reactive ketones (excluding diaryl/α,β-unsaturated/α-hetero) is 1. The Morgan fingerprint density at radius 2 is 1.50 bits per heavy atom. The summed E-state index contributed by atoms with van der Waals surface area (Å²) in [6.45, 7) is 4.33. The second-order valence-corrected chi connectivity index (χ2v) is 1.73. The summed E-state index contributed by atoms with van der Waals surface area (Å²) in [5.41, 5.74) is 0. The lowest BCUT2D eigenvalue weighted by Gasteiger charge is -1.79. The van der Waals surface area contributed by atoms with Crippen molar-refractivity contribution in [3.05, 3.63) is 0 Å². The van der Waals surface area contributed by atoms with Crippen molar-refractivity contribution in [1.29, 1.82) is 0 Å². The molecule has 0 radical (unpaired) electrons. The molecule has 0 heterocycles. The van der Waals surface area contributed by atoms with Crippen molar-refractivity contribution < 1.29 is 14.4 Å². The number of carbonyl (C=O) groups excluding carboxylic acids is 3. The molecule has 58 valence electrons. The van der Waals surface area contributed by atoms with Gasteiger partial charge in [-0.3, -0.25) is 14.9 Å². The quantitative estimate of drug-likeness (QED) is 0.523. The number of imide groups is 1. The zero-order chi connectivity index (χ0) is 8.57. The lowest BCUT2D eigenvalue weighted by atomic mass is 10.6. The van der Waals surface area contributed by atoms with Crippen LogP contribution < -0.4 is 5.32 Å². The van der Waals surface area contributed by atoms with Crippen LogP contribution in [0.2, 0.25) is 0 Å². The number of amides is 2. The van der Waals surface area contributed by atoms with E-state index < -0.39 is 0 Å². The van der Waals surface area contributed by atoms with E-state index in [0.717, 1.165) is 0 Å². The van der Waals surface area contributed by atoms with E-state index in [0.29, 0.717) is 6.41 Å². The number of carbonyl (C=O) groups is 3. The van der Waals surface area contributed by atoms with Crippen LogP contribution in [0.3, 0.4) is 0 Å². The van der Waals surface area contributed by atoms with Crippen molar-refractivity contribution in [2.45, 2.75) is 20.8 Å². The van der Waals surface area contributed by atoms with Gasteiger partial charge in [-0.2, -0.15) is 0 Å². The first-order valence-corrected chi connectivity index (χ1v) is 2.68. The third kappa shape index (κ3) is 70.2. The minimum absolute atomic E-state index is 0.167. The zero-order valence-corrected chi connectivity index (χ0v) is 6.30. The molecule has 0 aromatic heterocycles. The molecular formula is C6H11NO3. The Hall–Kier alpha value is -1.19.